The first kappa shape index (κ1) is 16.3. The first-order valence-electron chi connectivity index (χ1n) is 7.13. The molecule has 1 aliphatic heterocycles. The first-order valence-corrected chi connectivity index (χ1v) is 7.13. The van der Waals surface area contributed by atoms with Crippen LogP contribution in [-0.4, -0.2) is 61.8 Å². The number of hydrogen-bond acceptors (Lipinski definition) is 5. The SMILES string of the molecule is CON(C)C(=O)[C@@H]1CNCCN1C(=O)OCc1ccccc1. The molecule has 0 aliphatic carbocycles. The summed E-state index contributed by atoms with van der Waals surface area (Å²) in [6.45, 7) is 1.61. The zero-order chi connectivity index (χ0) is 15.9. The second-order valence-electron chi connectivity index (χ2n) is 4.97. The van der Waals surface area contributed by atoms with E-state index in [1.54, 1.807) is 0 Å². The van der Waals surface area contributed by atoms with Crippen LogP contribution in [0, 0.1) is 0 Å². The van der Waals surface area contributed by atoms with Gasteiger partial charge in [-0.05, 0) is 5.56 Å². The number of hydroxylamine groups is 2. The van der Waals surface area contributed by atoms with E-state index in [4.69, 9.17) is 9.57 Å². The van der Waals surface area contributed by atoms with Crippen molar-refractivity contribution in [2.24, 2.45) is 0 Å². The first-order chi connectivity index (χ1) is 10.6. The Balaban J connectivity index is 1.97. The van der Waals surface area contributed by atoms with Crippen LogP contribution in [0.25, 0.3) is 0 Å². The van der Waals surface area contributed by atoms with Crippen molar-refractivity contribution in [1.82, 2.24) is 15.3 Å². The highest BCUT2D eigenvalue weighted by molar-refractivity contribution is 5.85. The highest BCUT2D eigenvalue weighted by Crippen LogP contribution is 2.10. The summed E-state index contributed by atoms with van der Waals surface area (Å²) >= 11 is 0. The van der Waals surface area contributed by atoms with Gasteiger partial charge in [-0.25, -0.2) is 9.86 Å². The number of nitrogens with one attached hydrogen (secondary N) is 1. The van der Waals surface area contributed by atoms with Crippen molar-refractivity contribution >= 4 is 12.0 Å². The van der Waals surface area contributed by atoms with Crippen LogP contribution in [-0.2, 0) is 21.0 Å². The van der Waals surface area contributed by atoms with Crippen LogP contribution in [0.2, 0.25) is 0 Å². The average Bonchev–Trinajstić information content (AvgIpc) is 2.59. The quantitative estimate of drug-likeness (QED) is 0.826. The summed E-state index contributed by atoms with van der Waals surface area (Å²) in [5, 5.41) is 4.22. The maximum atomic E-state index is 12.3. The number of ether oxygens (including phenoxy) is 1. The predicted molar refractivity (Wildman–Crippen MR) is 79.8 cm³/mol. The molecule has 2 amide bonds. The summed E-state index contributed by atoms with van der Waals surface area (Å²) in [6.07, 6.45) is -0.492. The number of likely N-dealkylation sites (N-methyl/N-ethyl adjacent to an activating group) is 1. The molecule has 1 heterocycles. The van der Waals surface area contributed by atoms with E-state index < -0.39 is 12.1 Å². The summed E-state index contributed by atoms with van der Waals surface area (Å²) in [5.41, 5.74) is 0.905. The van der Waals surface area contributed by atoms with Crippen LogP contribution < -0.4 is 5.32 Å². The van der Waals surface area contributed by atoms with Crippen LogP contribution in [0.1, 0.15) is 5.56 Å². The largest absolute Gasteiger partial charge is 0.445 e. The topological polar surface area (TPSA) is 71.1 Å². The number of carbonyl (C=O) groups is 2. The third kappa shape index (κ3) is 3.96. The van der Waals surface area contributed by atoms with E-state index in [0.29, 0.717) is 19.6 Å². The Kier molecular flexibility index (Phi) is 5.74. The molecule has 1 aliphatic rings. The number of nitrogens with zero attached hydrogens (tertiary/aromatic N) is 2. The molecule has 1 atom stereocenters. The Bertz CT molecular complexity index is 509. The molecule has 1 aromatic carbocycles. The van der Waals surface area contributed by atoms with Gasteiger partial charge in [-0.1, -0.05) is 30.3 Å². The van der Waals surface area contributed by atoms with Gasteiger partial charge in [0.2, 0.25) is 0 Å². The van der Waals surface area contributed by atoms with E-state index in [-0.39, 0.29) is 12.5 Å². The Labute approximate surface area is 129 Å². The number of rotatable bonds is 4. The number of piperazine rings is 1. The molecular weight excluding hydrogens is 286 g/mol. The Morgan fingerprint density at radius 1 is 1.36 bits per heavy atom. The molecule has 1 N–H and O–H groups in total. The van der Waals surface area contributed by atoms with E-state index in [1.807, 2.05) is 30.3 Å². The van der Waals surface area contributed by atoms with Crippen LogP contribution in [0.3, 0.4) is 0 Å². The summed E-state index contributed by atoms with van der Waals surface area (Å²) in [4.78, 5) is 30.8. The van der Waals surface area contributed by atoms with Gasteiger partial charge in [0.25, 0.3) is 5.91 Å². The maximum absolute atomic E-state index is 12.3. The van der Waals surface area contributed by atoms with Gasteiger partial charge < -0.3 is 10.1 Å². The fourth-order valence-corrected chi connectivity index (χ4v) is 2.25. The molecule has 0 radical (unpaired) electrons. The summed E-state index contributed by atoms with van der Waals surface area (Å²) < 4.78 is 5.31. The van der Waals surface area contributed by atoms with Crippen molar-refractivity contribution in [3.63, 3.8) is 0 Å². The molecule has 1 aromatic rings. The average molecular weight is 307 g/mol. The zero-order valence-electron chi connectivity index (χ0n) is 12.8. The normalized spacial score (nSPS) is 17.9. The third-order valence-corrected chi connectivity index (χ3v) is 3.55. The van der Waals surface area contributed by atoms with Gasteiger partial charge in [-0.3, -0.25) is 14.5 Å². The van der Waals surface area contributed by atoms with Gasteiger partial charge >= 0.3 is 6.09 Å². The highest BCUT2D eigenvalue weighted by atomic mass is 16.7. The molecule has 0 spiro atoms. The second kappa shape index (κ2) is 7.77. The van der Waals surface area contributed by atoms with Gasteiger partial charge in [0.05, 0.1) is 7.11 Å². The highest BCUT2D eigenvalue weighted by Gasteiger charge is 2.35. The van der Waals surface area contributed by atoms with Crippen molar-refractivity contribution in [2.75, 3.05) is 33.8 Å². The van der Waals surface area contributed by atoms with Crippen LogP contribution in [0.5, 0.6) is 0 Å². The zero-order valence-corrected chi connectivity index (χ0v) is 12.8. The van der Waals surface area contributed by atoms with Gasteiger partial charge in [0, 0.05) is 26.7 Å². The molecule has 0 bridgehead atoms. The summed E-state index contributed by atoms with van der Waals surface area (Å²) in [6, 6.07) is 8.80. The van der Waals surface area contributed by atoms with Crippen LogP contribution in [0.4, 0.5) is 4.79 Å². The van der Waals surface area contributed by atoms with E-state index in [2.05, 4.69) is 5.32 Å². The van der Waals surface area contributed by atoms with Gasteiger partial charge in [-0.15, -0.1) is 0 Å². The van der Waals surface area contributed by atoms with E-state index in [1.165, 1.54) is 19.1 Å². The van der Waals surface area contributed by atoms with Gasteiger partial charge in [-0.2, -0.15) is 0 Å². The molecule has 22 heavy (non-hydrogen) atoms. The monoisotopic (exact) mass is 307 g/mol. The molecule has 1 fully saturated rings. The van der Waals surface area contributed by atoms with E-state index in [9.17, 15) is 9.59 Å². The van der Waals surface area contributed by atoms with E-state index in [0.717, 1.165) is 10.6 Å². The molecule has 7 heteroatoms. The summed E-state index contributed by atoms with van der Waals surface area (Å²) in [5.74, 6) is -0.286. The van der Waals surface area contributed by atoms with Crippen molar-refractivity contribution in [3.8, 4) is 0 Å². The Morgan fingerprint density at radius 2 is 2.09 bits per heavy atom. The lowest BCUT2D eigenvalue weighted by atomic mass is 10.2. The predicted octanol–water partition coefficient (Wildman–Crippen LogP) is 0.617. The van der Waals surface area contributed by atoms with Crippen molar-refractivity contribution in [1.29, 1.82) is 0 Å². The van der Waals surface area contributed by atoms with Crippen LogP contribution >= 0.6 is 0 Å². The number of benzene rings is 1. The lowest BCUT2D eigenvalue weighted by molar-refractivity contribution is -0.174. The van der Waals surface area contributed by atoms with Gasteiger partial charge in [0.15, 0.2) is 0 Å². The number of carbonyl (C=O) groups excluding carboxylic acids is 2. The smallest absolute Gasteiger partial charge is 0.410 e. The number of amides is 2. The minimum Gasteiger partial charge on any atom is -0.445 e. The fraction of sp³-hybridized carbons (Fsp3) is 0.467. The molecule has 0 unspecified atom stereocenters. The van der Waals surface area contributed by atoms with Crippen molar-refractivity contribution in [3.05, 3.63) is 35.9 Å². The van der Waals surface area contributed by atoms with E-state index >= 15 is 0 Å². The minimum absolute atomic E-state index is 0.185. The third-order valence-electron chi connectivity index (χ3n) is 3.55. The summed E-state index contributed by atoms with van der Waals surface area (Å²) in [7, 11) is 2.93. The molecular formula is C15H21N3O4. The standard InChI is InChI=1S/C15H21N3O4/c1-17(21-2)14(19)13-10-16-8-9-18(13)15(20)22-11-12-6-4-3-5-7-12/h3-7,13,16H,8-11H2,1-2H3/t13-/m0/s1. The number of hydrogen-bond donors (Lipinski definition) is 1. The molecule has 0 saturated carbocycles. The maximum Gasteiger partial charge on any atom is 0.410 e. The fourth-order valence-electron chi connectivity index (χ4n) is 2.25. The molecule has 1 saturated heterocycles. The molecule has 7 nitrogen and oxygen atoms in total. The lowest BCUT2D eigenvalue weighted by Crippen LogP contribution is -2.59. The van der Waals surface area contributed by atoms with Crippen molar-refractivity contribution < 1.29 is 19.2 Å². The Morgan fingerprint density at radius 3 is 2.77 bits per heavy atom. The lowest BCUT2D eigenvalue weighted by Gasteiger charge is -2.35. The molecule has 0 aromatic heterocycles. The minimum atomic E-state index is -0.623. The van der Waals surface area contributed by atoms with Crippen molar-refractivity contribution in [2.45, 2.75) is 12.6 Å². The second-order valence-corrected chi connectivity index (χ2v) is 4.97. The van der Waals surface area contributed by atoms with Gasteiger partial charge in [0.1, 0.15) is 12.6 Å². The molecule has 2 rings (SSSR count). The van der Waals surface area contributed by atoms with Crippen LogP contribution in [0.15, 0.2) is 30.3 Å². The molecule has 120 valence electrons. The Hall–Kier alpha value is -2.12.